The largest absolute Gasteiger partial charge is 0.274 e. The lowest BCUT2D eigenvalue weighted by Crippen LogP contribution is -2.34. The van der Waals surface area contributed by atoms with Gasteiger partial charge in [0, 0.05) is 5.92 Å². The number of allylic oxidation sites excluding steroid dienone is 2. The molecule has 2 fully saturated rings. The molecule has 0 radical (unpaired) electrons. The molecule has 0 bridgehead atoms. The van der Waals surface area contributed by atoms with Gasteiger partial charge >= 0.3 is 0 Å². The van der Waals surface area contributed by atoms with Gasteiger partial charge in [0.1, 0.15) is 11.0 Å². The number of carbonyl (C=O) groups is 1. The second-order valence-corrected chi connectivity index (χ2v) is 7.84. The molecule has 1 amide bonds. The number of carbonyl (C=O) groups excluding carboxylic acids is 1. The molecule has 2 unspecified atom stereocenters. The van der Waals surface area contributed by atoms with Crippen molar-refractivity contribution in [2.24, 2.45) is 11.8 Å². The summed E-state index contributed by atoms with van der Waals surface area (Å²) in [5.74, 6) is 0.425. The molecule has 3 nitrogen and oxygen atoms in total. The Bertz CT molecular complexity index is 388. The summed E-state index contributed by atoms with van der Waals surface area (Å²) in [6.45, 7) is 4.17. The predicted octanol–water partition coefficient (Wildman–Crippen LogP) is 3.09. The molecule has 0 aromatic carbocycles. The average molecular weight is 283 g/mol. The number of unbranched alkanes of at least 4 members (excludes halogenated alkanes) is 3. The molecule has 0 spiro atoms. The van der Waals surface area contributed by atoms with E-state index in [1.54, 1.807) is 0 Å². The van der Waals surface area contributed by atoms with Gasteiger partial charge in [0.05, 0.1) is 4.75 Å². The second kappa shape index (κ2) is 6.21. The van der Waals surface area contributed by atoms with Crippen molar-refractivity contribution in [3.05, 3.63) is 12.2 Å². The molecule has 1 N–H and O–H groups in total. The Morgan fingerprint density at radius 1 is 1.42 bits per heavy atom. The zero-order valence-corrected chi connectivity index (χ0v) is 12.8. The maximum absolute atomic E-state index is 11.9. The van der Waals surface area contributed by atoms with Crippen LogP contribution >= 0.6 is 0 Å². The molecular formula is C15H25NO2S. The van der Waals surface area contributed by atoms with Crippen LogP contribution in [0.1, 0.15) is 58.8 Å². The molecule has 108 valence electrons. The van der Waals surface area contributed by atoms with E-state index in [9.17, 15) is 9.00 Å². The number of amides is 1. The molecule has 0 aliphatic heterocycles. The molecule has 0 aromatic rings. The minimum Gasteiger partial charge on any atom is -0.274 e. The Kier molecular flexibility index (Phi) is 4.82. The highest BCUT2D eigenvalue weighted by molar-refractivity contribution is 7.85. The lowest BCUT2D eigenvalue weighted by Gasteiger charge is -2.09. The first-order valence-corrected chi connectivity index (χ1v) is 8.61. The van der Waals surface area contributed by atoms with Crippen molar-refractivity contribution in [3.8, 4) is 0 Å². The monoisotopic (exact) mass is 283 g/mol. The van der Waals surface area contributed by atoms with Gasteiger partial charge in [-0.05, 0) is 44.9 Å². The topological polar surface area (TPSA) is 46.2 Å². The first kappa shape index (κ1) is 14.8. The summed E-state index contributed by atoms with van der Waals surface area (Å²) in [6, 6.07) is 0. The average Bonchev–Trinajstić information content (AvgIpc) is 3.26. The lowest BCUT2D eigenvalue weighted by molar-refractivity contribution is -0.120. The van der Waals surface area contributed by atoms with Gasteiger partial charge < -0.3 is 0 Å². The molecule has 2 aliphatic rings. The van der Waals surface area contributed by atoms with Crippen LogP contribution in [0.3, 0.4) is 0 Å². The highest BCUT2D eigenvalue weighted by atomic mass is 32.2. The van der Waals surface area contributed by atoms with Crippen molar-refractivity contribution in [2.75, 3.05) is 0 Å². The SMILES string of the molecule is CCCCC/C=C\[C@@H]1CC1C(=O)NS(=O)C1(C)CC1. The van der Waals surface area contributed by atoms with E-state index in [0.717, 1.165) is 25.7 Å². The van der Waals surface area contributed by atoms with Crippen LogP contribution in [0, 0.1) is 11.8 Å². The molecule has 0 saturated heterocycles. The van der Waals surface area contributed by atoms with Crippen LogP contribution in [0.5, 0.6) is 0 Å². The third-order valence-electron chi connectivity index (χ3n) is 4.13. The second-order valence-electron chi connectivity index (χ2n) is 6.11. The van der Waals surface area contributed by atoms with Crippen molar-refractivity contribution in [1.82, 2.24) is 4.72 Å². The van der Waals surface area contributed by atoms with E-state index in [1.165, 1.54) is 19.3 Å². The summed E-state index contributed by atoms with van der Waals surface area (Å²) < 4.78 is 14.4. The fourth-order valence-electron chi connectivity index (χ4n) is 2.16. The summed E-state index contributed by atoms with van der Waals surface area (Å²) in [5, 5.41) is 0. The molecule has 2 saturated carbocycles. The van der Waals surface area contributed by atoms with E-state index in [-0.39, 0.29) is 16.6 Å². The van der Waals surface area contributed by atoms with Crippen LogP contribution in [-0.4, -0.2) is 14.9 Å². The maximum atomic E-state index is 11.9. The molecule has 0 heterocycles. The molecule has 0 aromatic heterocycles. The van der Waals surface area contributed by atoms with Crippen molar-refractivity contribution in [2.45, 2.75) is 63.5 Å². The molecular weight excluding hydrogens is 258 g/mol. The quantitative estimate of drug-likeness (QED) is 0.549. The number of rotatable bonds is 8. The highest BCUT2D eigenvalue weighted by Gasteiger charge is 2.47. The van der Waals surface area contributed by atoms with Gasteiger partial charge in [-0.15, -0.1) is 0 Å². The van der Waals surface area contributed by atoms with Crippen molar-refractivity contribution < 1.29 is 9.00 Å². The van der Waals surface area contributed by atoms with Crippen LogP contribution < -0.4 is 4.72 Å². The van der Waals surface area contributed by atoms with Gasteiger partial charge in [-0.3, -0.25) is 9.52 Å². The summed E-state index contributed by atoms with van der Waals surface area (Å²) in [7, 11) is -1.19. The number of hydrogen-bond acceptors (Lipinski definition) is 2. The van der Waals surface area contributed by atoms with Crippen LogP contribution in [0.4, 0.5) is 0 Å². The van der Waals surface area contributed by atoms with Gasteiger partial charge in [-0.1, -0.05) is 31.9 Å². The van der Waals surface area contributed by atoms with Crippen LogP contribution in [0.25, 0.3) is 0 Å². The zero-order valence-electron chi connectivity index (χ0n) is 12.0. The normalized spacial score (nSPS) is 29.2. The summed E-state index contributed by atoms with van der Waals surface area (Å²) in [5.41, 5.74) is 0. The highest BCUT2D eigenvalue weighted by Crippen LogP contribution is 2.42. The fraction of sp³-hybridized carbons (Fsp3) is 0.800. The van der Waals surface area contributed by atoms with Crippen LogP contribution in [0.15, 0.2) is 12.2 Å². The minimum absolute atomic E-state index is 0.0188. The van der Waals surface area contributed by atoms with E-state index in [1.807, 2.05) is 6.92 Å². The summed E-state index contributed by atoms with van der Waals surface area (Å²) in [4.78, 5) is 11.9. The molecule has 3 atom stereocenters. The minimum atomic E-state index is -1.19. The first-order chi connectivity index (χ1) is 9.07. The molecule has 2 aliphatic carbocycles. The van der Waals surface area contributed by atoms with Crippen molar-refractivity contribution in [1.29, 1.82) is 0 Å². The summed E-state index contributed by atoms with van der Waals surface area (Å²) >= 11 is 0. The Balaban J connectivity index is 1.65. The van der Waals surface area contributed by atoms with Gasteiger partial charge in [-0.25, -0.2) is 4.21 Å². The van der Waals surface area contributed by atoms with Gasteiger partial charge in [0.15, 0.2) is 0 Å². The standard InChI is InChI=1S/C15H25NO2S/c1-3-4-5-6-7-8-12-11-13(12)14(17)16-19(18)15(2)9-10-15/h7-8,12-13H,3-6,9-11H2,1-2H3,(H,16,17)/b8-7-/t12-,13?,19?/m1/s1. The number of nitrogens with one attached hydrogen (secondary N) is 1. The van der Waals surface area contributed by atoms with Crippen LogP contribution in [0.2, 0.25) is 0 Å². The van der Waals surface area contributed by atoms with E-state index >= 15 is 0 Å². The Morgan fingerprint density at radius 2 is 2.16 bits per heavy atom. The summed E-state index contributed by atoms with van der Waals surface area (Å²) in [6.07, 6.45) is 12.1. The van der Waals surface area contributed by atoms with Gasteiger partial charge in [-0.2, -0.15) is 0 Å². The molecule has 19 heavy (non-hydrogen) atoms. The van der Waals surface area contributed by atoms with Crippen molar-refractivity contribution in [3.63, 3.8) is 0 Å². The first-order valence-electron chi connectivity index (χ1n) is 7.46. The predicted molar refractivity (Wildman–Crippen MR) is 78.8 cm³/mol. The van der Waals surface area contributed by atoms with E-state index in [0.29, 0.717) is 5.92 Å². The smallest absolute Gasteiger partial charge is 0.235 e. The zero-order chi connectivity index (χ0) is 13.9. The van der Waals surface area contributed by atoms with Gasteiger partial charge in [0.25, 0.3) is 0 Å². The lowest BCUT2D eigenvalue weighted by atomic mass is 10.2. The third kappa shape index (κ3) is 4.16. The third-order valence-corrected chi connectivity index (χ3v) is 5.82. The Labute approximate surface area is 118 Å². The van der Waals surface area contributed by atoms with E-state index in [4.69, 9.17) is 0 Å². The fourth-order valence-corrected chi connectivity index (χ4v) is 3.22. The van der Waals surface area contributed by atoms with Crippen molar-refractivity contribution >= 4 is 16.9 Å². The van der Waals surface area contributed by atoms with Crippen LogP contribution in [-0.2, 0) is 15.8 Å². The number of hydrogen-bond donors (Lipinski definition) is 1. The molecule has 2 rings (SSSR count). The van der Waals surface area contributed by atoms with Gasteiger partial charge in [0.2, 0.25) is 5.91 Å². The van der Waals surface area contributed by atoms with E-state index < -0.39 is 11.0 Å². The molecule has 4 heteroatoms. The van der Waals surface area contributed by atoms with E-state index in [2.05, 4.69) is 23.8 Å². The Morgan fingerprint density at radius 3 is 2.79 bits per heavy atom. The Hall–Kier alpha value is -0.640. The maximum Gasteiger partial charge on any atom is 0.235 e.